The summed E-state index contributed by atoms with van der Waals surface area (Å²) in [6.45, 7) is 6.83. The van der Waals surface area contributed by atoms with Crippen LogP contribution in [0.15, 0.2) is 53.3 Å². The number of aromatic nitrogens is 1. The van der Waals surface area contributed by atoms with Gasteiger partial charge in [-0.15, -0.1) is 0 Å². The van der Waals surface area contributed by atoms with E-state index in [0.29, 0.717) is 12.5 Å². The van der Waals surface area contributed by atoms with Crippen LogP contribution < -0.4 is 10.2 Å². The predicted molar refractivity (Wildman–Crippen MR) is 99.7 cm³/mol. The average molecular weight is 321 g/mol. The van der Waals surface area contributed by atoms with Crippen molar-refractivity contribution in [2.45, 2.75) is 20.8 Å². The van der Waals surface area contributed by atoms with Crippen molar-refractivity contribution in [2.75, 3.05) is 6.61 Å². The second kappa shape index (κ2) is 6.52. The smallest absolute Gasteiger partial charge is 0.190 e. The van der Waals surface area contributed by atoms with Gasteiger partial charge in [-0.25, -0.2) is 0 Å². The number of hydrogen-bond donors (Lipinski definition) is 0. The Labute approximate surface area is 142 Å². The van der Waals surface area contributed by atoms with Crippen molar-refractivity contribution in [3.63, 3.8) is 0 Å². The minimum atomic E-state index is 0.0365. The first-order chi connectivity index (χ1) is 11.5. The molecule has 3 rings (SSSR count). The second-order valence-corrected chi connectivity index (χ2v) is 6.61. The van der Waals surface area contributed by atoms with Gasteiger partial charge in [0.1, 0.15) is 5.75 Å². The zero-order chi connectivity index (χ0) is 17.3. The largest absolute Gasteiger partial charge is 0.493 e. The molecule has 0 saturated heterocycles. The SMILES string of the molecule is Cc1c(OCC(C)C)ccc2c1c(=O)cc(-c1ccccc1)n2C. The van der Waals surface area contributed by atoms with Crippen molar-refractivity contribution in [3.05, 3.63) is 64.3 Å². The molecule has 0 saturated carbocycles. The highest BCUT2D eigenvalue weighted by molar-refractivity contribution is 5.87. The van der Waals surface area contributed by atoms with E-state index in [1.165, 1.54) is 0 Å². The van der Waals surface area contributed by atoms with Crippen LogP contribution in [0, 0.1) is 12.8 Å². The van der Waals surface area contributed by atoms with E-state index in [0.717, 1.165) is 33.5 Å². The molecule has 3 heteroatoms. The highest BCUT2D eigenvalue weighted by atomic mass is 16.5. The van der Waals surface area contributed by atoms with Crippen molar-refractivity contribution < 1.29 is 4.74 Å². The van der Waals surface area contributed by atoms with Crippen LogP contribution in [-0.2, 0) is 7.05 Å². The summed E-state index contributed by atoms with van der Waals surface area (Å²) >= 11 is 0. The third kappa shape index (κ3) is 2.94. The number of fused-ring (bicyclic) bond motifs is 1. The molecule has 3 nitrogen and oxygen atoms in total. The molecule has 0 fully saturated rings. The molecular formula is C21H23NO2. The van der Waals surface area contributed by atoms with E-state index in [9.17, 15) is 4.79 Å². The molecule has 3 aromatic rings. The summed E-state index contributed by atoms with van der Waals surface area (Å²) in [5.41, 5.74) is 3.83. The van der Waals surface area contributed by atoms with Crippen LogP contribution in [0.3, 0.4) is 0 Å². The Morgan fingerprint density at radius 2 is 1.79 bits per heavy atom. The highest BCUT2D eigenvalue weighted by Gasteiger charge is 2.13. The van der Waals surface area contributed by atoms with Crippen LogP contribution in [-0.4, -0.2) is 11.2 Å². The minimum absolute atomic E-state index is 0.0365. The summed E-state index contributed by atoms with van der Waals surface area (Å²) in [5.74, 6) is 1.24. The number of benzene rings is 2. The molecule has 0 aliphatic carbocycles. The summed E-state index contributed by atoms with van der Waals surface area (Å²) in [4.78, 5) is 12.8. The third-order valence-electron chi connectivity index (χ3n) is 4.27. The lowest BCUT2D eigenvalue weighted by atomic mass is 10.0. The van der Waals surface area contributed by atoms with E-state index in [1.807, 2.05) is 56.4 Å². The lowest BCUT2D eigenvalue weighted by Crippen LogP contribution is -2.12. The molecule has 0 N–H and O–H groups in total. The lowest BCUT2D eigenvalue weighted by Gasteiger charge is -2.17. The monoisotopic (exact) mass is 321 g/mol. The topological polar surface area (TPSA) is 31.2 Å². The van der Waals surface area contributed by atoms with Crippen molar-refractivity contribution in [1.29, 1.82) is 0 Å². The van der Waals surface area contributed by atoms with Crippen LogP contribution in [0.1, 0.15) is 19.4 Å². The van der Waals surface area contributed by atoms with Crippen LogP contribution in [0.4, 0.5) is 0 Å². The molecule has 0 atom stereocenters. The molecule has 0 aliphatic heterocycles. The number of hydrogen-bond acceptors (Lipinski definition) is 2. The molecule has 1 aromatic heterocycles. The molecule has 1 heterocycles. The van der Waals surface area contributed by atoms with Crippen molar-refractivity contribution in [3.8, 4) is 17.0 Å². The van der Waals surface area contributed by atoms with Gasteiger partial charge in [0, 0.05) is 18.7 Å². The van der Waals surface area contributed by atoms with Gasteiger partial charge in [0.05, 0.1) is 23.2 Å². The first-order valence-electron chi connectivity index (χ1n) is 8.30. The van der Waals surface area contributed by atoms with E-state index < -0.39 is 0 Å². The Morgan fingerprint density at radius 1 is 1.08 bits per heavy atom. The molecule has 0 aliphatic rings. The molecule has 0 bridgehead atoms. The minimum Gasteiger partial charge on any atom is -0.493 e. The maximum absolute atomic E-state index is 12.8. The van der Waals surface area contributed by atoms with Crippen molar-refractivity contribution in [2.24, 2.45) is 13.0 Å². The Morgan fingerprint density at radius 3 is 2.46 bits per heavy atom. The zero-order valence-corrected chi connectivity index (χ0v) is 14.7. The van der Waals surface area contributed by atoms with Gasteiger partial charge >= 0.3 is 0 Å². The van der Waals surface area contributed by atoms with Gasteiger partial charge in [-0.05, 0) is 30.5 Å². The maximum atomic E-state index is 12.8. The first-order valence-corrected chi connectivity index (χ1v) is 8.30. The highest BCUT2D eigenvalue weighted by Crippen LogP contribution is 2.28. The van der Waals surface area contributed by atoms with Gasteiger partial charge in [0.2, 0.25) is 0 Å². The molecule has 0 amide bonds. The Balaban J connectivity index is 2.18. The normalized spacial score (nSPS) is 11.2. The molecule has 0 unspecified atom stereocenters. The average Bonchev–Trinajstić information content (AvgIpc) is 2.57. The zero-order valence-electron chi connectivity index (χ0n) is 14.7. The number of nitrogens with zero attached hydrogens (tertiary/aromatic N) is 1. The van der Waals surface area contributed by atoms with Crippen LogP contribution in [0.25, 0.3) is 22.2 Å². The molecule has 0 spiro atoms. The Kier molecular flexibility index (Phi) is 4.43. The predicted octanol–water partition coefficient (Wildman–Crippen LogP) is 4.55. The van der Waals surface area contributed by atoms with E-state index in [2.05, 4.69) is 18.4 Å². The van der Waals surface area contributed by atoms with Gasteiger partial charge in [-0.3, -0.25) is 4.79 Å². The van der Waals surface area contributed by atoms with Crippen LogP contribution in [0.2, 0.25) is 0 Å². The third-order valence-corrected chi connectivity index (χ3v) is 4.27. The number of aryl methyl sites for hydroxylation is 2. The number of rotatable bonds is 4. The summed E-state index contributed by atoms with van der Waals surface area (Å²) in [5, 5.41) is 0.735. The summed E-state index contributed by atoms with van der Waals surface area (Å²) in [6.07, 6.45) is 0. The fourth-order valence-electron chi connectivity index (χ4n) is 2.99. The molecular weight excluding hydrogens is 298 g/mol. The lowest BCUT2D eigenvalue weighted by molar-refractivity contribution is 0.270. The van der Waals surface area contributed by atoms with E-state index in [1.54, 1.807) is 6.07 Å². The summed E-state index contributed by atoms with van der Waals surface area (Å²) < 4.78 is 7.94. The Hall–Kier alpha value is -2.55. The standard InChI is InChI=1S/C21H23NO2/c1-14(2)13-24-20-11-10-17-21(15(20)3)19(23)12-18(22(17)4)16-8-6-5-7-9-16/h5-12,14H,13H2,1-4H3. The molecule has 24 heavy (non-hydrogen) atoms. The van der Waals surface area contributed by atoms with Gasteiger partial charge in [0.15, 0.2) is 5.43 Å². The van der Waals surface area contributed by atoms with E-state index in [-0.39, 0.29) is 5.43 Å². The van der Waals surface area contributed by atoms with Crippen LogP contribution in [0.5, 0.6) is 5.75 Å². The van der Waals surface area contributed by atoms with Gasteiger partial charge in [0.25, 0.3) is 0 Å². The van der Waals surface area contributed by atoms with Crippen LogP contribution >= 0.6 is 0 Å². The van der Waals surface area contributed by atoms with Gasteiger partial charge in [-0.1, -0.05) is 44.2 Å². The fraction of sp³-hybridized carbons (Fsp3) is 0.286. The Bertz CT molecular complexity index is 924. The number of ether oxygens (including phenoxy) is 1. The molecule has 0 radical (unpaired) electrons. The summed E-state index contributed by atoms with van der Waals surface area (Å²) in [6, 6.07) is 15.7. The summed E-state index contributed by atoms with van der Waals surface area (Å²) in [7, 11) is 2.00. The molecule has 124 valence electrons. The van der Waals surface area contributed by atoms with Gasteiger partial charge < -0.3 is 9.30 Å². The second-order valence-electron chi connectivity index (χ2n) is 6.61. The fourth-order valence-corrected chi connectivity index (χ4v) is 2.99. The van der Waals surface area contributed by atoms with E-state index >= 15 is 0 Å². The quantitative estimate of drug-likeness (QED) is 0.706. The van der Waals surface area contributed by atoms with Gasteiger partial charge in [-0.2, -0.15) is 0 Å². The van der Waals surface area contributed by atoms with Crippen molar-refractivity contribution >= 4 is 10.9 Å². The molecule has 2 aromatic carbocycles. The van der Waals surface area contributed by atoms with Crippen molar-refractivity contribution in [1.82, 2.24) is 4.57 Å². The maximum Gasteiger partial charge on any atom is 0.190 e. The first kappa shape index (κ1) is 16.3. The van der Waals surface area contributed by atoms with E-state index in [4.69, 9.17) is 4.74 Å². The number of pyridine rings is 1.